The highest BCUT2D eigenvalue weighted by Gasteiger charge is 2.18. The summed E-state index contributed by atoms with van der Waals surface area (Å²) >= 11 is 0. The maximum absolute atomic E-state index is 10.6. The van der Waals surface area contributed by atoms with Crippen LogP contribution in [0.2, 0.25) is 0 Å². The Morgan fingerprint density at radius 2 is 2.26 bits per heavy atom. The van der Waals surface area contributed by atoms with Crippen LogP contribution in [-0.4, -0.2) is 32.3 Å². The molecule has 0 spiro atoms. The molecule has 1 aromatic carbocycles. The third-order valence-corrected chi connectivity index (χ3v) is 3.50. The van der Waals surface area contributed by atoms with Crippen LogP contribution in [0.1, 0.15) is 17.5 Å². The molecule has 5 nitrogen and oxygen atoms in total. The number of carbonyl (C=O) groups is 1. The Morgan fingerprint density at radius 3 is 3.00 bits per heavy atom. The molecule has 0 saturated carbocycles. The second-order valence-corrected chi connectivity index (χ2v) is 4.82. The molecule has 0 heterocycles. The van der Waals surface area contributed by atoms with E-state index in [4.69, 9.17) is 10.5 Å². The predicted octanol–water partition coefficient (Wildman–Crippen LogP) is 0.810. The molecule has 2 amide bonds. The van der Waals surface area contributed by atoms with Gasteiger partial charge in [0.1, 0.15) is 5.75 Å². The highest BCUT2D eigenvalue weighted by molar-refractivity contribution is 5.71. The number of rotatable bonds is 5. The lowest BCUT2D eigenvalue weighted by molar-refractivity contribution is 0.248. The molecule has 1 aliphatic rings. The fraction of sp³-hybridized carbons (Fsp3) is 0.500. The summed E-state index contributed by atoms with van der Waals surface area (Å²) in [5, 5.41) is 6.02. The van der Waals surface area contributed by atoms with Gasteiger partial charge in [-0.1, -0.05) is 6.07 Å². The van der Waals surface area contributed by atoms with Crippen molar-refractivity contribution in [1.29, 1.82) is 0 Å². The van der Waals surface area contributed by atoms with E-state index in [9.17, 15) is 4.79 Å². The Morgan fingerprint density at radius 1 is 1.42 bits per heavy atom. The first-order valence-electron chi connectivity index (χ1n) is 6.61. The number of ether oxygens (including phenoxy) is 1. The van der Waals surface area contributed by atoms with Crippen LogP contribution in [0.5, 0.6) is 5.75 Å². The van der Waals surface area contributed by atoms with Crippen molar-refractivity contribution in [3.8, 4) is 5.75 Å². The molecule has 1 aromatic rings. The highest BCUT2D eigenvalue weighted by Crippen LogP contribution is 2.25. The smallest absolute Gasteiger partial charge is 0.312 e. The van der Waals surface area contributed by atoms with Gasteiger partial charge < -0.3 is 21.1 Å². The number of nitrogens with two attached hydrogens (primary N) is 1. The minimum Gasteiger partial charge on any atom is -0.497 e. The van der Waals surface area contributed by atoms with Crippen molar-refractivity contribution in [2.24, 2.45) is 5.73 Å². The number of amides is 2. The van der Waals surface area contributed by atoms with E-state index in [1.54, 1.807) is 7.11 Å². The first-order valence-corrected chi connectivity index (χ1v) is 6.61. The van der Waals surface area contributed by atoms with Gasteiger partial charge in [-0.3, -0.25) is 0 Å². The Labute approximate surface area is 113 Å². The summed E-state index contributed by atoms with van der Waals surface area (Å²) in [4.78, 5) is 10.6. The molecule has 1 atom stereocenters. The molecular weight excluding hydrogens is 242 g/mol. The summed E-state index contributed by atoms with van der Waals surface area (Å²) in [7, 11) is 1.69. The van der Waals surface area contributed by atoms with Crippen molar-refractivity contribution in [2.75, 3.05) is 20.2 Å². The molecule has 0 aromatic heterocycles. The Kier molecular flexibility index (Phi) is 4.63. The van der Waals surface area contributed by atoms with Gasteiger partial charge in [0.2, 0.25) is 0 Å². The van der Waals surface area contributed by atoms with Crippen molar-refractivity contribution in [3.63, 3.8) is 0 Å². The van der Waals surface area contributed by atoms with Crippen LogP contribution in [0.3, 0.4) is 0 Å². The number of primary amides is 1. The summed E-state index contributed by atoms with van der Waals surface area (Å²) in [6.07, 6.45) is 3.21. The zero-order valence-electron chi connectivity index (χ0n) is 11.2. The number of hydrogen-bond acceptors (Lipinski definition) is 3. The number of benzene rings is 1. The molecule has 104 valence electrons. The highest BCUT2D eigenvalue weighted by atomic mass is 16.5. The third kappa shape index (κ3) is 3.86. The van der Waals surface area contributed by atoms with Gasteiger partial charge in [-0.2, -0.15) is 0 Å². The van der Waals surface area contributed by atoms with Crippen LogP contribution in [0, 0.1) is 0 Å². The van der Waals surface area contributed by atoms with E-state index in [1.807, 2.05) is 6.07 Å². The van der Waals surface area contributed by atoms with E-state index in [0.717, 1.165) is 31.6 Å². The molecule has 0 bridgehead atoms. The molecule has 0 radical (unpaired) electrons. The van der Waals surface area contributed by atoms with Crippen LogP contribution in [0.15, 0.2) is 18.2 Å². The van der Waals surface area contributed by atoms with Gasteiger partial charge in [0.05, 0.1) is 7.11 Å². The first kappa shape index (κ1) is 13.7. The second kappa shape index (κ2) is 6.43. The van der Waals surface area contributed by atoms with Crippen molar-refractivity contribution in [3.05, 3.63) is 29.3 Å². The fourth-order valence-electron chi connectivity index (χ4n) is 2.50. The zero-order valence-corrected chi connectivity index (χ0v) is 11.2. The number of urea groups is 1. The maximum Gasteiger partial charge on any atom is 0.312 e. The predicted molar refractivity (Wildman–Crippen MR) is 74.4 cm³/mol. The average molecular weight is 263 g/mol. The topological polar surface area (TPSA) is 76.4 Å². The number of aryl methyl sites for hydroxylation is 1. The summed E-state index contributed by atoms with van der Waals surface area (Å²) in [6.45, 7) is 1.31. The van der Waals surface area contributed by atoms with E-state index in [0.29, 0.717) is 12.6 Å². The number of hydrogen-bond donors (Lipinski definition) is 3. The van der Waals surface area contributed by atoms with Crippen LogP contribution in [0.25, 0.3) is 0 Å². The Hall–Kier alpha value is -1.75. The number of fused-ring (bicyclic) bond motifs is 1. The molecule has 5 heteroatoms. The molecule has 2 rings (SSSR count). The standard InChI is InChI=1S/C14H21N3O2/c1-19-13-5-3-10-2-4-12(8-11(10)9-13)16-6-7-17-14(15)18/h3,5,9,12,16H,2,4,6-8H2,1H3,(H3,15,17,18). The van der Waals surface area contributed by atoms with Gasteiger partial charge >= 0.3 is 6.03 Å². The minimum atomic E-state index is -0.472. The van der Waals surface area contributed by atoms with E-state index in [1.165, 1.54) is 11.1 Å². The van der Waals surface area contributed by atoms with E-state index >= 15 is 0 Å². The molecule has 19 heavy (non-hydrogen) atoms. The maximum atomic E-state index is 10.6. The van der Waals surface area contributed by atoms with Crippen molar-refractivity contribution in [1.82, 2.24) is 10.6 Å². The van der Waals surface area contributed by atoms with E-state index in [-0.39, 0.29) is 0 Å². The van der Waals surface area contributed by atoms with Crippen molar-refractivity contribution >= 4 is 6.03 Å². The van der Waals surface area contributed by atoms with Crippen LogP contribution in [-0.2, 0) is 12.8 Å². The first-order chi connectivity index (χ1) is 9.19. The average Bonchev–Trinajstić information content (AvgIpc) is 2.42. The molecule has 0 fully saturated rings. The lowest BCUT2D eigenvalue weighted by atomic mass is 9.88. The summed E-state index contributed by atoms with van der Waals surface area (Å²) in [6, 6.07) is 6.27. The van der Waals surface area contributed by atoms with Gasteiger partial charge in [-0.05, 0) is 42.5 Å². The second-order valence-electron chi connectivity index (χ2n) is 4.82. The SMILES string of the molecule is COc1ccc2c(c1)CC(NCCNC(N)=O)CC2. The fourth-order valence-corrected chi connectivity index (χ4v) is 2.50. The van der Waals surface area contributed by atoms with Crippen LogP contribution < -0.4 is 21.1 Å². The van der Waals surface area contributed by atoms with Gasteiger partial charge in [-0.25, -0.2) is 4.79 Å². The van der Waals surface area contributed by atoms with E-state index in [2.05, 4.69) is 22.8 Å². The molecule has 0 saturated heterocycles. The lowest BCUT2D eigenvalue weighted by Crippen LogP contribution is -2.41. The summed E-state index contributed by atoms with van der Waals surface area (Å²) in [5.74, 6) is 0.912. The molecule has 0 aliphatic heterocycles. The third-order valence-electron chi connectivity index (χ3n) is 3.50. The van der Waals surface area contributed by atoms with Gasteiger partial charge in [0.25, 0.3) is 0 Å². The van der Waals surface area contributed by atoms with Gasteiger partial charge in [0.15, 0.2) is 0 Å². The lowest BCUT2D eigenvalue weighted by Gasteiger charge is -2.26. The molecular formula is C14H21N3O2. The summed E-state index contributed by atoms with van der Waals surface area (Å²) in [5.41, 5.74) is 7.78. The number of carbonyl (C=O) groups excluding carboxylic acids is 1. The van der Waals surface area contributed by atoms with Gasteiger partial charge in [-0.15, -0.1) is 0 Å². The molecule has 1 unspecified atom stereocenters. The normalized spacial score (nSPS) is 17.6. The van der Waals surface area contributed by atoms with Crippen LogP contribution >= 0.6 is 0 Å². The Bertz CT molecular complexity index is 448. The van der Waals surface area contributed by atoms with E-state index < -0.39 is 6.03 Å². The Balaban J connectivity index is 1.85. The molecule has 1 aliphatic carbocycles. The van der Waals surface area contributed by atoms with Gasteiger partial charge in [0, 0.05) is 19.1 Å². The zero-order chi connectivity index (χ0) is 13.7. The largest absolute Gasteiger partial charge is 0.497 e. The summed E-state index contributed by atoms with van der Waals surface area (Å²) < 4.78 is 5.26. The van der Waals surface area contributed by atoms with Crippen molar-refractivity contribution < 1.29 is 9.53 Å². The molecule has 4 N–H and O–H groups in total. The van der Waals surface area contributed by atoms with Crippen LogP contribution in [0.4, 0.5) is 4.79 Å². The minimum absolute atomic E-state index is 0.453. The monoisotopic (exact) mass is 263 g/mol. The van der Waals surface area contributed by atoms with Crippen molar-refractivity contribution in [2.45, 2.75) is 25.3 Å². The quantitative estimate of drug-likeness (QED) is 0.688. The number of methoxy groups -OCH3 is 1. The number of nitrogens with one attached hydrogen (secondary N) is 2.